The van der Waals surface area contributed by atoms with Gasteiger partial charge in [-0.1, -0.05) is 30.3 Å². The van der Waals surface area contributed by atoms with Gasteiger partial charge in [-0.25, -0.2) is 4.98 Å². The van der Waals surface area contributed by atoms with Crippen molar-refractivity contribution in [3.63, 3.8) is 0 Å². The van der Waals surface area contributed by atoms with Crippen LogP contribution in [0.25, 0.3) is 10.6 Å². The molecular formula is C16H17N3OS. The maximum absolute atomic E-state index is 12.6. The summed E-state index contributed by atoms with van der Waals surface area (Å²) in [6.45, 7) is 3.82. The normalized spacial score (nSPS) is 24.3. The van der Waals surface area contributed by atoms with E-state index in [0.717, 1.165) is 36.8 Å². The number of hydrogen-bond acceptors (Lipinski definition) is 4. The number of carbonyl (C=O) groups is 1. The first-order chi connectivity index (χ1) is 10.3. The number of hydrogen-bond donors (Lipinski definition) is 1. The highest BCUT2D eigenvalue weighted by molar-refractivity contribution is 7.13. The largest absolute Gasteiger partial charge is 0.337 e. The van der Waals surface area contributed by atoms with Crippen LogP contribution in [-0.2, 0) is 0 Å². The number of carbonyl (C=O) groups excluding carboxylic acids is 1. The third-order valence-corrected chi connectivity index (χ3v) is 5.31. The smallest absolute Gasteiger partial charge is 0.273 e. The van der Waals surface area contributed by atoms with Crippen molar-refractivity contribution in [1.82, 2.24) is 15.2 Å². The molecule has 2 aliphatic rings. The molecule has 1 N–H and O–H groups in total. The quantitative estimate of drug-likeness (QED) is 0.923. The van der Waals surface area contributed by atoms with Crippen LogP contribution in [0.5, 0.6) is 0 Å². The van der Waals surface area contributed by atoms with Crippen molar-refractivity contribution >= 4 is 17.2 Å². The first-order valence-corrected chi connectivity index (χ1v) is 8.20. The van der Waals surface area contributed by atoms with E-state index in [1.165, 1.54) is 0 Å². The number of fused-ring (bicyclic) bond motifs is 1. The molecule has 2 fully saturated rings. The molecule has 0 spiro atoms. The van der Waals surface area contributed by atoms with Gasteiger partial charge >= 0.3 is 0 Å². The van der Waals surface area contributed by atoms with Crippen molar-refractivity contribution in [2.24, 2.45) is 11.8 Å². The van der Waals surface area contributed by atoms with E-state index in [9.17, 15) is 4.79 Å². The summed E-state index contributed by atoms with van der Waals surface area (Å²) < 4.78 is 0. The van der Waals surface area contributed by atoms with Gasteiger partial charge in [0.15, 0.2) is 0 Å². The second kappa shape index (κ2) is 5.24. The number of benzene rings is 1. The Kier molecular flexibility index (Phi) is 3.24. The highest BCUT2D eigenvalue weighted by Gasteiger charge is 2.38. The number of amides is 1. The standard InChI is InChI=1S/C16H17N3OS/c20-16(19-8-12-6-17-7-13(12)9-19)14-10-21-15(18-14)11-4-2-1-3-5-11/h1-5,10,12-13,17H,6-9H2/t12-,13+. The van der Waals surface area contributed by atoms with Crippen LogP contribution in [0.15, 0.2) is 35.7 Å². The molecule has 2 aromatic rings. The maximum atomic E-state index is 12.6. The van der Waals surface area contributed by atoms with Crippen molar-refractivity contribution in [3.05, 3.63) is 41.4 Å². The topological polar surface area (TPSA) is 45.2 Å². The first-order valence-electron chi connectivity index (χ1n) is 7.32. The molecule has 0 saturated carbocycles. The molecule has 3 heterocycles. The summed E-state index contributed by atoms with van der Waals surface area (Å²) in [5.74, 6) is 1.34. The summed E-state index contributed by atoms with van der Waals surface area (Å²) in [6, 6.07) is 10.0. The monoisotopic (exact) mass is 299 g/mol. The lowest BCUT2D eigenvalue weighted by atomic mass is 10.0. The minimum absolute atomic E-state index is 0.0860. The van der Waals surface area contributed by atoms with E-state index in [2.05, 4.69) is 10.3 Å². The Labute approximate surface area is 127 Å². The first kappa shape index (κ1) is 13.0. The number of rotatable bonds is 2. The Hall–Kier alpha value is -1.72. The van der Waals surface area contributed by atoms with Gasteiger partial charge in [-0.05, 0) is 11.8 Å². The van der Waals surface area contributed by atoms with Crippen molar-refractivity contribution < 1.29 is 4.79 Å². The lowest BCUT2D eigenvalue weighted by Crippen LogP contribution is -2.32. The molecule has 0 aliphatic carbocycles. The molecule has 1 amide bonds. The Morgan fingerprint density at radius 3 is 2.62 bits per heavy atom. The van der Waals surface area contributed by atoms with E-state index in [1.807, 2.05) is 40.6 Å². The predicted octanol–water partition coefficient (Wildman–Crippen LogP) is 2.10. The molecule has 1 aromatic heterocycles. The van der Waals surface area contributed by atoms with Crippen LogP contribution in [0.4, 0.5) is 0 Å². The SMILES string of the molecule is O=C(c1csc(-c2ccccc2)n1)N1C[C@H]2CNC[C@H]2C1. The van der Waals surface area contributed by atoms with Crippen LogP contribution in [0.2, 0.25) is 0 Å². The molecule has 2 saturated heterocycles. The van der Waals surface area contributed by atoms with Gasteiger partial charge in [-0.3, -0.25) is 4.79 Å². The van der Waals surface area contributed by atoms with Gasteiger partial charge in [0, 0.05) is 37.1 Å². The van der Waals surface area contributed by atoms with Crippen LogP contribution in [0.1, 0.15) is 10.5 Å². The summed E-state index contributed by atoms with van der Waals surface area (Å²) >= 11 is 1.54. The number of likely N-dealkylation sites (tertiary alicyclic amines) is 1. The van der Waals surface area contributed by atoms with Crippen molar-refractivity contribution in [1.29, 1.82) is 0 Å². The van der Waals surface area contributed by atoms with Gasteiger partial charge in [0.2, 0.25) is 0 Å². The van der Waals surface area contributed by atoms with Crippen molar-refractivity contribution in [2.45, 2.75) is 0 Å². The second-order valence-electron chi connectivity index (χ2n) is 5.79. The zero-order valence-electron chi connectivity index (χ0n) is 11.7. The molecule has 2 aliphatic heterocycles. The molecule has 0 bridgehead atoms. The maximum Gasteiger partial charge on any atom is 0.273 e. The summed E-state index contributed by atoms with van der Waals surface area (Å²) in [7, 11) is 0. The summed E-state index contributed by atoms with van der Waals surface area (Å²) in [5.41, 5.74) is 1.66. The number of nitrogens with one attached hydrogen (secondary N) is 1. The molecular weight excluding hydrogens is 282 g/mol. The van der Waals surface area contributed by atoms with E-state index in [0.29, 0.717) is 17.5 Å². The molecule has 5 heteroatoms. The minimum atomic E-state index is 0.0860. The Morgan fingerprint density at radius 2 is 1.90 bits per heavy atom. The average Bonchev–Trinajstić information content (AvgIpc) is 3.22. The van der Waals surface area contributed by atoms with E-state index in [4.69, 9.17) is 0 Å². The lowest BCUT2D eigenvalue weighted by molar-refractivity contribution is 0.0777. The van der Waals surface area contributed by atoms with E-state index >= 15 is 0 Å². The zero-order valence-corrected chi connectivity index (χ0v) is 12.5. The Balaban J connectivity index is 1.52. The molecule has 0 unspecified atom stereocenters. The van der Waals surface area contributed by atoms with Gasteiger partial charge in [0.25, 0.3) is 5.91 Å². The predicted molar refractivity (Wildman–Crippen MR) is 83.3 cm³/mol. The molecule has 0 radical (unpaired) electrons. The minimum Gasteiger partial charge on any atom is -0.337 e. The van der Waals surface area contributed by atoms with E-state index in [1.54, 1.807) is 11.3 Å². The Bertz CT molecular complexity index is 643. The highest BCUT2D eigenvalue weighted by Crippen LogP contribution is 2.29. The average molecular weight is 299 g/mol. The van der Waals surface area contributed by atoms with Gasteiger partial charge in [0.1, 0.15) is 10.7 Å². The van der Waals surface area contributed by atoms with Crippen LogP contribution in [-0.4, -0.2) is 42.0 Å². The van der Waals surface area contributed by atoms with E-state index in [-0.39, 0.29) is 5.91 Å². The van der Waals surface area contributed by atoms with Crippen LogP contribution < -0.4 is 5.32 Å². The lowest BCUT2D eigenvalue weighted by Gasteiger charge is -2.15. The number of thiazole rings is 1. The zero-order chi connectivity index (χ0) is 14.2. The summed E-state index contributed by atoms with van der Waals surface area (Å²) in [4.78, 5) is 19.1. The number of aromatic nitrogens is 1. The van der Waals surface area contributed by atoms with Gasteiger partial charge in [-0.15, -0.1) is 11.3 Å². The fraction of sp³-hybridized carbons (Fsp3) is 0.375. The van der Waals surface area contributed by atoms with Crippen molar-refractivity contribution in [2.75, 3.05) is 26.2 Å². The summed E-state index contributed by atoms with van der Waals surface area (Å²) in [5, 5.41) is 6.20. The second-order valence-corrected chi connectivity index (χ2v) is 6.65. The van der Waals surface area contributed by atoms with Gasteiger partial charge in [-0.2, -0.15) is 0 Å². The fourth-order valence-electron chi connectivity index (χ4n) is 3.27. The number of nitrogens with zero attached hydrogens (tertiary/aromatic N) is 2. The molecule has 108 valence electrons. The Morgan fingerprint density at radius 1 is 1.19 bits per heavy atom. The van der Waals surface area contributed by atoms with Crippen LogP contribution in [0, 0.1) is 11.8 Å². The third-order valence-electron chi connectivity index (χ3n) is 4.42. The van der Waals surface area contributed by atoms with E-state index < -0.39 is 0 Å². The van der Waals surface area contributed by atoms with Gasteiger partial charge in [0.05, 0.1) is 0 Å². The van der Waals surface area contributed by atoms with Crippen LogP contribution >= 0.6 is 11.3 Å². The van der Waals surface area contributed by atoms with Crippen molar-refractivity contribution in [3.8, 4) is 10.6 Å². The molecule has 4 nitrogen and oxygen atoms in total. The molecule has 1 aromatic carbocycles. The van der Waals surface area contributed by atoms with Crippen LogP contribution in [0.3, 0.4) is 0 Å². The highest BCUT2D eigenvalue weighted by atomic mass is 32.1. The fourth-order valence-corrected chi connectivity index (χ4v) is 4.07. The molecule has 4 rings (SSSR count). The third kappa shape index (κ3) is 2.36. The molecule has 21 heavy (non-hydrogen) atoms. The summed E-state index contributed by atoms with van der Waals surface area (Å²) in [6.07, 6.45) is 0. The molecule has 2 atom stereocenters. The van der Waals surface area contributed by atoms with Gasteiger partial charge < -0.3 is 10.2 Å².